The molecule has 87 valence electrons. The maximum Gasteiger partial charge on any atom is 0.169 e. The molecule has 0 saturated heterocycles. The van der Waals surface area contributed by atoms with Crippen molar-refractivity contribution in [1.29, 1.82) is 0 Å². The molecule has 0 atom stereocenters. The summed E-state index contributed by atoms with van der Waals surface area (Å²) in [6.07, 6.45) is 0. The quantitative estimate of drug-likeness (QED) is 0.784. The first-order valence-corrected chi connectivity index (χ1v) is 5.61. The lowest BCUT2D eigenvalue weighted by molar-refractivity contribution is 0.321. The van der Waals surface area contributed by atoms with E-state index in [1.54, 1.807) is 0 Å². The van der Waals surface area contributed by atoms with Gasteiger partial charge in [0.05, 0.1) is 6.61 Å². The fraction of sp³-hybridized carbons (Fsp3) is 0.133. The van der Waals surface area contributed by atoms with Crippen LogP contribution in [-0.2, 0) is 0 Å². The highest BCUT2D eigenvalue weighted by Crippen LogP contribution is 2.31. The molecule has 2 aromatic rings. The average molecular weight is 227 g/mol. The molecule has 0 saturated carbocycles. The molecule has 2 nitrogen and oxygen atoms in total. The molecule has 2 heteroatoms. The van der Waals surface area contributed by atoms with Crippen molar-refractivity contribution in [2.75, 3.05) is 6.61 Å². The zero-order valence-electron chi connectivity index (χ0n) is 9.85. The van der Waals surface area contributed by atoms with E-state index in [1.807, 2.05) is 55.5 Å². The number of para-hydroxylation sites is 2. The number of rotatable bonds is 4. The van der Waals surface area contributed by atoms with Gasteiger partial charge in [-0.05, 0) is 43.7 Å². The first kappa shape index (κ1) is 11.5. The fourth-order valence-electron chi connectivity index (χ4n) is 1.49. The van der Waals surface area contributed by atoms with Crippen molar-refractivity contribution in [2.45, 2.75) is 6.92 Å². The third kappa shape index (κ3) is 3.00. The van der Waals surface area contributed by atoms with E-state index in [4.69, 9.17) is 9.47 Å². The lowest BCUT2D eigenvalue weighted by atomic mass is 10.2. The Bertz CT molecular complexity index is 475. The molecule has 0 bridgehead atoms. The molecule has 0 amide bonds. The van der Waals surface area contributed by atoms with Gasteiger partial charge in [0.15, 0.2) is 11.5 Å². The van der Waals surface area contributed by atoms with Gasteiger partial charge in [0.25, 0.3) is 0 Å². The Morgan fingerprint density at radius 2 is 1.59 bits per heavy atom. The molecule has 0 aliphatic rings. The van der Waals surface area contributed by atoms with Gasteiger partial charge in [0.1, 0.15) is 5.75 Å². The highest BCUT2D eigenvalue weighted by molar-refractivity contribution is 5.43. The Labute approximate surface area is 102 Å². The predicted octanol–water partition coefficient (Wildman–Crippen LogP) is 4.06. The molecule has 0 N–H and O–H groups in total. The first-order valence-electron chi connectivity index (χ1n) is 5.61. The van der Waals surface area contributed by atoms with E-state index in [1.165, 1.54) is 0 Å². The topological polar surface area (TPSA) is 18.5 Å². The van der Waals surface area contributed by atoms with Gasteiger partial charge in [0, 0.05) is 0 Å². The Balaban J connectivity index is 2.20. The molecular formula is C15H15O2. The zero-order chi connectivity index (χ0) is 12.1. The Kier molecular flexibility index (Phi) is 3.66. The summed E-state index contributed by atoms with van der Waals surface area (Å²) >= 11 is 0. The molecule has 2 aromatic carbocycles. The second-order valence-corrected chi connectivity index (χ2v) is 3.63. The van der Waals surface area contributed by atoms with Crippen molar-refractivity contribution < 1.29 is 9.47 Å². The van der Waals surface area contributed by atoms with Gasteiger partial charge in [-0.3, -0.25) is 0 Å². The van der Waals surface area contributed by atoms with Crippen LogP contribution in [0.5, 0.6) is 17.2 Å². The highest BCUT2D eigenvalue weighted by atomic mass is 16.5. The van der Waals surface area contributed by atoms with Gasteiger partial charge < -0.3 is 9.47 Å². The van der Waals surface area contributed by atoms with Crippen molar-refractivity contribution in [1.82, 2.24) is 0 Å². The number of ether oxygens (including phenoxy) is 2. The normalized spacial score (nSPS) is 10.0. The van der Waals surface area contributed by atoms with Gasteiger partial charge in [-0.15, -0.1) is 0 Å². The van der Waals surface area contributed by atoms with Crippen LogP contribution in [0.25, 0.3) is 0 Å². The van der Waals surface area contributed by atoms with Crippen LogP contribution in [0.1, 0.15) is 12.5 Å². The molecule has 0 aromatic heterocycles. The van der Waals surface area contributed by atoms with Crippen LogP contribution < -0.4 is 9.47 Å². The van der Waals surface area contributed by atoms with Crippen molar-refractivity contribution in [3.8, 4) is 17.2 Å². The summed E-state index contributed by atoms with van der Waals surface area (Å²) < 4.78 is 11.3. The Morgan fingerprint density at radius 3 is 2.24 bits per heavy atom. The van der Waals surface area contributed by atoms with Crippen LogP contribution in [0.15, 0.2) is 48.5 Å². The summed E-state index contributed by atoms with van der Waals surface area (Å²) in [5.41, 5.74) is 0.968. The summed E-state index contributed by atoms with van der Waals surface area (Å²) in [5.74, 6) is 2.27. The minimum absolute atomic E-state index is 0.623. The molecule has 0 fully saturated rings. The number of hydrogen-bond donors (Lipinski definition) is 0. The molecule has 0 spiro atoms. The third-order valence-electron chi connectivity index (χ3n) is 2.30. The van der Waals surface area contributed by atoms with E-state index in [0.717, 1.165) is 22.8 Å². The minimum atomic E-state index is 0.623. The van der Waals surface area contributed by atoms with Gasteiger partial charge in [-0.2, -0.15) is 0 Å². The van der Waals surface area contributed by atoms with Gasteiger partial charge in [0.2, 0.25) is 0 Å². The van der Waals surface area contributed by atoms with E-state index in [0.29, 0.717) is 6.61 Å². The fourth-order valence-corrected chi connectivity index (χ4v) is 1.49. The van der Waals surface area contributed by atoms with Crippen LogP contribution in [0, 0.1) is 6.92 Å². The number of benzene rings is 2. The van der Waals surface area contributed by atoms with E-state index >= 15 is 0 Å². The minimum Gasteiger partial charge on any atom is -0.490 e. The van der Waals surface area contributed by atoms with Crippen LogP contribution in [-0.4, -0.2) is 6.61 Å². The van der Waals surface area contributed by atoms with E-state index in [9.17, 15) is 0 Å². The van der Waals surface area contributed by atoms with Crippen molar-refractivity contribution in [3.63, 3.8) is 0 Å². The summed E-state index contributed by atoms with van der Waals surface area (Å²) in [4.78, 5) is 0. The van der Waals surface area contributed by atoms with Crippen LogP contribution in [0.3, 0.4) is 0 Å². The molecule has 0 unspecified atom stereocenters. The summed E-state index contributed by atoms with van der Waals surface area (Å²) in [6.45, 7) is 6.41. The Morgan fingerprint density at radius 1 is 0.941 bits per heavy atom. The van der Waals surface area contributed by atoms with E-state index in [2.05, 4.69) is 6.92 Å². The van der Waals surface area contributed by atoms with Crippen molar-refractivity contribution >= 4 is 0 Å². The zero-order valence-corrected chi connectivity index (χ0v) is 9.85. The molecular weight excluding hydrogens is 212 g/mol. The standard InChI is InChI=1S/C15H15O2/c1-3-16-14-6-4-5-7-15(14)17-13-10-8-12(2)9-11-13/h4-11H,2-3H2,1H3. The smallest absolute Gasteiger partial charge is 0.169 e. The molecule has 0 aliphatic carbocycles. The lowest BCUT2D eigenvalue weighted by Crippen LogP contribution is -1.94. The van der Waals surface area contributed by atoms with Crippen molar-refractivity contribution in [2.24, 2.45) is 0 Å². The first-order chi connectivity index (χ1) is 8.29. The highest BCUT2D eigenvalue weighted by Gasteiger charge is 2.04. The van der Waals surface area contributed by atoms with E-state index < -0.39 is 0 Å². The second kappa shape index (κ2) is 5.39. The van der Waals surface area contributed by atoms with Gasteiger partial charge in [-0.1, -0.05) is 24.3 Å². The average Bonchev–Trinajstić information content (AvgIpc) is 2.35. The Hall–Kier alpha value is -1.96. The van der Waals surface area contributed by atoms with Crippen molar-refractivity contribution in [3.05, 3.63) is 61.0 Å². The van der Waals surface area contributed by atoms with Crippen LogP contribution >= 0.6 is 0 Å². The monoisotopic (exact) mass is 227 g/mol. The molecule has 1 radical (unpaired) electrons. The molecule has 0 aliphatic heterocycles. The van der Waals surface area contributed by atoms with Gasteiger partial charge in [-0.25, -0.2) is 0 Å². The predicted molar refractivity (Wildman–Crippen MR) is 68.6 cm³/mol. The maximum absolute atomic E-state index is 5.76. The van der Waals surface area contributed by atoms with Crippen LogP contribution in [0.2, 0.25) is 0 Å². The second-order valence-electron chi connectivity index (χ2n) is 3.63. The summed E-state index contributed by atoms with van der Waals surface area (Å²) in [6, 6.07) is 15.3. The van der Waals surface area contributed by atoms with Crippen LogP contribution in [0.4, 0.5) is 0 Å². The lowest BCUT2D eigenvalue weighted by Gasteiger charge is -2.11. The number of hydrogen-bond acceptors (Lipinski definition) is 2. The SMILES string of the molecule is [CH2]c1ccc(Oc2ccccc2OCC)cc1. The summed E-state index contributed by atoms with van der Waals surface area (Å²) in [7, 11) is 0. The summed E-state index contributed by atoms with van der Waals surface area (Å²) in [5, 5.41) is 0. The molecule has 2 rings (SSSR count). The maximum atomic E-state index is 5.76. The third-order valence-corrected chi connectivity index (χ3v) is 2.30. The van der Waals surface area contributed by atoms with E-state index in [-0.39, 0.29) is 0 Å². The largest absolute Gasteiger partial charge is 0.490 e. The molecule has 0 heterocycles. The van der Waals surface area contributed by atoms with Gasteiger partial charge >= 0.3 is 0 Å². The molecule has 17 heavy (non-hydrogen) atoms.